The number of hydrogen-bond acceptors (Lipinski definition) is 5. The van der Waals surface area contributed by atoms with Crippen LogP contribution in [-0.4, -0.2) is 21.7 Å². The zero-order chi connectivity index (χ0) is 18.5. The second-order valence-electron chi connectivity index (χ2n) is 5.58. The van der Waals surface area contributed by atoms with Gasteiger partial charge in [-0.15, -0.1) is 0 Å². The van der Waals surface area contributed by atoms with Gasteiger partial charge >= 0.3 is 6.09 Å². The van der Waals surface area contributed by atoms with Gasteiger partial charge in [0.25, 0.3) is 0 Å². The highest BCUT2D eigenvalue weighted by molar-refractivity contribution is 6.30. The molecule has 26 heavy (non-hydrogen) atoms. The summed E-state index contributed by atoms with van der Waals surface area (Å²) in [6.45, 7) is 1.92. The second-order valence-corrected chi connectivity index (χ2v) is 6.01. The number of nitrogens with one attached hydrogen (secondary N) is 1. The zero-order valence-electron chi connectivity index (χ0n) is 13.9. The Bertz CT molecular complexity index is 915. The smallest absolute Gasteiger partial charge is 0.412 e. The summed E-state index contributed by atoms with van der Waals surface area (Å²) in [5.41, 5.74) is 1.32. The highest BCUT2D eigenvalue weighted by Gasteiger charge is 2.09. The normalized spacial score (nSPS) is 10.5. The molecule has 3 rings (SSSR count). The van der Waals surface area contributed by atoms with Crippen molar-refractivity contribution in [1.82, 2.24) is 9.78 Å². The lowest BCUT2D eigenvalue weighted by Gasteiger charge is -2.05. The maximum atomic E-state index is 11.8. The molecule has 0 spiro atoms. The van der Waals surface area contributed by atoms with Crippen molar-refractivity contribution in [3.05, 3.63) is 70.9 Å². The number of ether oxygens (including phenoxy) is 1. The monoisotopic (exact) mass is 373 g/mol. The van der Waals surface area contributed by atoms with E-state index in [-0.39, 0.29) is 12.4 Å². The number of ketones is 1. The van der Waals surface area contributed by atoms with Gasteiger partial charge < -0.3 is 9.15 Å². The lowest BCUT2D eigenvalue weighted by atomic mass is 10.2. The molecule has 8 heteroatoms. The Kier molecular flexibility index (Phi) is 5.38. The van der Waals surface area contributed by atoms with Gasteiger partial charge in [0.15, 0.2) is 11.5 Å². The Labute approximate surface area is 154 Å². The molecule has 0 aliphatic rings. The number of rotatable bonds is 6. The highest BCUT2D eigenvalue weighted by Crippen LogP contribution is 2.13. The Hall–Kier alpha value is -3.06. The van der Waals surface area contributed by atoms with E-state index in [2.05, 4.69) is 10.4 Å². The number of furan rings is 1. The standard InChI is InChI=1S/C18H16ClN3O4/c1-12(23)17-7-6-16(26-17)10-22-9-15(8-20-22)21-18(24)25-11-13-2-4-14(19)5-3-13/h2-9H,10-11H2,1H3,(H,21,24). The number of aromatic nitrogens is 2. The molecule has 2 heterocycles. The first-order chi connectivity index (χ1) is 12.5. The van der Waals surface area contributed by atoms with Crippen molar-refractivity contribution in [2.75, 3.05) is 5.32 Å². The molecule has 0 saturated heterocycles. The van der Waals surface area contributed by atoms with E-state index >= 15 is 0 Å². The predicted octanol–water partition coefficient (Wildman–Crippen LogP) is 4.13. The van der Waals surface area contributed by atoms with Crippen LogP contribution < -0.4 is 5.32 Å². The molecular formula is C18H16ClN3O4. The van der Waals surface area contributed by atoms with Gasteiger partial charge in [-0.25, -0.2) is 4.79 Å². The number of benzene rings is 1. The summed E-state index contributed by atoms with van der Waals surface area (Å²) in [5.74, 6) is 0.758. The molecule has 0 unspecified atom stereocenters. The fraction of sp³-hybridized carbons (Fsp3) is 0.167. The Morgan fingerprint density at radius 2 is 2.00 bits per heavy atom. The van der Waals surface area contributed by atoms with Gasteiger partial charge in [-0.3, -0.25) is 14.8 Å². The molecule has 0 fully saturated rings. The molecule has 0 saturated carbocycles. The van der Waals surface area contributed by atoms with E-state index in [1.807, 2.05) is 0 Å². The predicted molar refractivity (Wildman–Crippen MR) is 95.3 cm³/mol. The molecule has 0 radical (unpaired) electrons. The maximum absolute atomic E-state index is 11.8. The number of carbonyl (C=O) groups is 2. The van der Waals surface area contributed by atoms with Gasteiger partial charge in [-0.2, -0.15) is 5.10 Å². The molecule has 0 bridgehead atoms. The summed E-state index contributed by atoms with van der Waals surface area (Å²) in [4.78, 5) is 23.1. The topological polar surface area (TPSA) is 86.4 Å². The molecule has 1 amide bonds. The summed E-state index contributed by atoms with van der Waals surface area (Å²) in [6, 6.07) is 10.4. The molecule has 1 N–H and O–H groups in total. The van der Waals surface area contributed by atoms with Crippen molar-refractivity contribution in [2.24, 2.45) is 0 Å². The summed E-state index contributed by atoms with van der Waals surface area (Å²) in [5, 5.41) is 7.35. The molecule has 2 aromatic heterocycles. The van der Waals surface area contributed by atoms with E-state index in [0.717, 1.165) is 5.56 Å². The number of hydrogen-bond donors (Lipinski definition) is 1. The van der Waals surface area contributed by atoms with E-state index in [9.17, 15) is 9.59 Å². The van der Waals surface area contributed by atoms with Crippen LogP contribution in [0.4, 0.5) is 10.5 Å². The second kappa shape index (κ2) is 7.88. The lowest BCUT2D eigenvalue weighted by Crippen LogP contribution is -2.13. The third-order valence-corrected chi connectivity index (χ3v) is 3.74. The van der Waals surface area contributed by atoms with Crippen LogP contribution in [0, 0.1) is 0 Å². The average molecular weight is 374 g/mol. The summed E-state index contributed by atoms with van der Waals surface area (Å²) in [6.07, 6.45) is 2.55. The van der Waals surface area contributed by atoms with E-state index in [1.54, 1.807) is 47.3 Å². The molecule has 134 valence electrons. The van der Waals surface area contributed by atoms with Crippen LogP contribution >= 0.6 is 11.6 Å². The molecular weight excluding hydrogens is 358 g/mol. The van der Waals surface area contributed by atoms with Crippen molar-refractivity contribution >= 4 is 29.2 Å². The van der Waals surface area contributed by atoms with Crippen LogP contribution in [0.3, 0.4) is 0 Å². The van der Waals surface area contributed by atoms with Crippen LogP contribution in [0.15, 0.2) is 53.2 Å². The molecule has 7 nitrogen and oxygen atoms in total. The third kappa shape index (κ3) is 4.73. The Morgan fingerprint density at radius 1 is 1.23 bits per heavy atom. The van der Waals surface area contributed by atoms with Crippen LogP contribution in [0.5, 0.6) is 0 Å². The Morgan fingerprint density at radius 3 is 2.69 bits per heavy atom. The fourth-order valence-corrected chi connectivity index (χ4v) is 2.34. The van der Waals surface area contributed by atoms with Gasteiger partial charge in [0, 0.05) is 18.1 Å². The van der Waals surface area contributed by atoms with Crippen molar-refractivity contribution in [1.29, 1.82) is 0 Å². The van der Waals surface area contributed by atoms with Crippen LogP contribution in [0.2, 0.25) is 5.02 Å². The number of carbonyl (C=O) groups excluding carboxylic acids is 2. The van der Waals surface area contributed by atoms with E-state index in [0.29, 0.717) is 28.8 Å². The fourth-order valence-electron chi connectivity index (χ4n) is 2.21. The van der Waals surface area contributed by atoms with Crippen LogP contribution in [0.25, 0.3) is 0 Å². The molecule has 3 aromatic rings. The van der Waals surface area contributed by atoms with E-state index < -0.39 is 6.09 Å². The summed E-state index contributed by atoms with van der Waals surface area (Å²) < 4.78 is 12.1. The van der Waals surface area contributed by atoms with Gasteiger partial charge in [-0.05, 0) is 29.8 Å². The number of nitrogens with zero attached hydrogens (tertiary/aromatic N) is 2. The van der Waals surface area contributed by atoms with Crippen LogP contribution in [-0.2, 0) is 17.9 Å². The molecule has 0 aliphatic carbocycles. The number of halogens is 1. The number of Topliss-reactive ketones (excluding diaryl/α,β-unsaturated/α-hetero) is 1. The zero-order valence-corrected chi connectivity index (χ0v) is 14.7. The van der Waals surface area contributed by atoms with Crippen molar-refractivity contribution in [3.8, 4) is 0 Å². The van der Waals surface area contributed by atoms with Crippen molar-refractivity contribution in [3.63, 3.8) is 0 Å². The minimum Gasteiger partial charge on any atom is -0.456 e. The minimum absolute atomic E-state index is 0.136. The first-order valence-electron chi connectivity index (χ1n) is 7.80. The largest absolute Gasteiger partial charge is 0.456 e. The lowest BCUT2D eigenvalue weighted by molar-refractivity contribution is 0.0985. The first kappa shape index (κ1) is 17.8. The van der Waals surface area contributed by atoms with Crippen LogP contribution in [0.1, 0.15) is 28.8 Å². The quantitative estimate of drug-likeness (QED) is 0.656. The van der Waals surface area contributed by atoms with Gasteiger partial charge in [0.1, 0.15) is 12.4 Å². The Balaban J connectivity index is 1.51. The van der Waals surface area contributed by atoms with Gasteiger partial charge in [0.2, 0.25) is 0 Å². The first-order valence-corrected chi connectivity index (χ1v) is 8.18. The number of anilines is 1. The molecule has 0 atom stereocenters. The molecule has 0 aliphatic heterocycles. The van der Waals surface area contributed by atoms with Crippen molar-refractivity contribution < 1.29 is 18.7 Å². The van der Waals surface area contributed by atoms with Gasteiger partial charge in [0.05, 0.1) is 18.4 Å². The maximum Gasteiger partial charge on any atom is 0.412 e. The number of amides is 1. The summed E-state index contributed by atoms with van der Waals surface area (Å²) in [7, 11) is 0. The highest BCUT2D eigenvalue weighted by atomic mass is 35.5. The molecule has 1 aromatic carbocycles. The van der Waals surface area contributed by atoms with E-state index in [4.69, 9.17) is 20.8 Å². The van der Waals surface area contributed by atoms with Crippen molar-refractivity contribution in [2.45, 2.75) is 20.1 Å². The third-order valence-electron chi connectivity index (χ3n) is 3.49. The summed E-state index contributed by atoms with van der Waals surface area (Å²) >= 11 is 5.81. The minimum atomic E-state index is -0.587. The van der Waals surface area contributed by atoms with E-state index in [1.165, 1.54) is 13.1 Å². The SMILES string of the molecule is CC(=O)c1ccc(Cn2cc(NC(=O)OCc3ccc(Cl)cc3)cn2)o1. The van der Waals surface area contributed by atoms with Gasteiger partial charge in [-0.1, -0.05) is 23.7 Å². The average Bonchev–Trinajstić information content (AvgIpc) is 3.24.